The predicted molar refractivity (Wildman–Crippen MR) is 119 cm³/mol. The smallest absolute Gasteiger partial charge is 0.193 e. The number of guanidine groups is 1. The first-order valence-corrected chi connectivity index (χ1v) is 11.3. The van der Waals surface area contributed by atoms with Crippen LogP contribution in [0.4, 0.5) is 0 Å². The van der Waals surface area contributed by atoms with Crippen LogP contribution in [0, 0.1) is 0 Å². The highest BCUT2D eigenvalue weighted by molar-refractivity contribution is 8.00. The van der Waals surface area contributed by atoms with Gasteiger partial charge >= 0.3 is 0 Å². The van der Waals surface area contributed by atoms with Gasteiger partial charge in [0.05, 0.1) is 7.11 Å². The lowest BCUT2D eigenvalue weighted by molar-refractivity contribution is 0.0503. The maximum absolute atomic E-state index is 6.36. The first kappa shape index (κ1) is 21.6. The molecule has 0 atom stereocenters. The van der Waals surface area contributed by atoms with Crippen LogP contribution in [0.25, 0.3) is 0 Å². The Morgan fingerprint density at radius 1 is 1.36 bits per heavy atom. The zero-order valence-corrected chi connectivity index (χ0v) is 19.0. The zero-order chi connectivity index (χ0) is 20.2. The Morgan fingerprint density at radius 3 is 2.75 bits per heavy atom. The van der Waals surface area contributed by atoms with Gasteiger partial charge in [0.1, 0.15) is 5.75 Å². The SMILES string of the molecule is CN=C(NCC1(c2cc(Cl)ccc2OC)CCOCC1)N1CCSC(C)(C)C1. The lowest BCUT2D eigenvalue weighted by Gasteiger charge is -2.42. The second-order valence-corrected chi connectivity index (χ2v) is 10.4. The van der Waals surface area contributed by atoms with Crippen molar-refractivity contribution in [3.8, 4) is 5.75 Å². The highest BCUT2D eigenvalue weighted by atomic mass is 35.5. The van der Waals surface area contributed by atoms with Crippen LogP contribution in [-0.4, -0.2) is 68.4 Å². The van der Waals surface area contributed by atoms with Gasteiger partial charge in [0.25, 0.3) is 0 Å². The van der Waals surface area contributed by atoms with Crippen molar-refractivity contribution < 1.29 is 9.47 Å². The number of aliphatic imine (C=N–C) groups is 1. The van der Waals surface area contributed by atoms with Crippen molar-refractivity contribution in [2.45, 2.75) is 36.9 Å². The molecule has 1 aromatic carbocycles. The fourth-order valence-corrected chi connectivity index (χ4v) is 5.46. The third-order valence-corrected chi connectivity index (χ3v) is 7.24. The summed E-state index contributed by atoms with van der Waals surface area (Å²) in [6.45, 7) is 8.87. The Bertz CT molecular complexity index is 705. The first-order chi connectivity index (χ1) is 13.4. The van der Waals surface area contributed by atoms with E-state index in [1.54, 1.807) is 7.11 Å². The van der Waals surface area contributed by atoms with E-state index in [0.717, 1.165) is 73.7 Å². The molecule has 0 amide bonds. The molecule has 2 aliphatic heterocycles. The number of methoxy groups -OCH3 is 1. The largest absolute Gasteiger partial charge is 0.496 e. The summed E-state index contributed by atoms with van der Waals surface area (Å²) in [6, 6.07) is 5.90. The minimum atomic E-state index is -0.0928. The van der Waals surface area contributed by atoms with Gasteiger partial charge in [-0.25, -0.2) is 0 Å². The maximum atomic E-state index is 6.36. The van der Waals surface area contributed by atoms with Crippen molar-refractivity contribution in [1.29, 1.82) is 0 Å². The summed E-state index contributed by atoms with van der Waals surface area (Å²) in [7, 11) is 3.59. The van der Waals surface area contributed by atoms with E-state index in [9.17, 15) is 0 Å². The standard InChI is InChI=1S/C21H32ClN3O2S/c1-20(2)15-25(9-12-28-20)19(23-3)24-14-21(7-10-27-11-8-21)17-13-16(22)5-6-18(17)26-4/h5-6,13H,7-12,14-15H2,1-4H3,(H,23,24). The van der Waals surface area contributed by atoms with Gasteiger partial charge in [0, 0.05) is 66.4 Å². The molecule has 2 fully saturated rings. The molecule has 0 aliphatic carbocycles. The summed E-state index contributed by atoms with van der Waals surface area (Å²) in [4.78, 5) is 6.95. The fourth-order valence-electron chi connectivity index (χ4n) is 4.18. The molecular formula is C21H32ClN3O2S. The Kier molecular flexibility index (Phi) is 7.05. The van der Waals surface area contributed by atoms with Crippen molar-refractivity contribution in [2.24, 2.45) is 4.99 Å². The molecule has 2 saturated heterocycles. The van der Waals surface area contributed by atoms with Crippen molar-refractivity contribution >= 4 is 29.3 Å². The van der Waals surface area contributed by atoms with Crippen molar-refractivity contribution in [3.05, 3.63) is 28.8 Å². The Balaban J connectivity index is 1.82. The molecule has 0 saturated carbocycles. The average Bonchev–Trinajstić information content (AvgIpc) is 2.68. The summed E-state index contributed by atoms with van der Waals surface area (Å²) < 4.78 is 11.6. The van der Waals surface area contributed by atoms with Crippen LogP contribution < -0.4 is 10.1 Å². The fraction of sp³-hybridized carbons (Fsp3) is 0.667. The zero-order valence-electron chi connectivity index (χ0n) is 17.4. The highest BCUT2D eigenvalue weighted by Crippen LogP contribution is 2.41. The molecule has 1 aromatic rings. The average molecular weight is 426 g/mol. The number of nitrogens with zero attached hydrogens (tertiary/aromatic N) is 2. The molecule has 2 aliphatic rings. The van der Waals surface area contributed by atoms with Gasteiger partial charge in [-0.05, 0) is 44.9 Å². The van der Waals surface area contributed by atoms with Crippen molar-refractivity contribution in [1.82, 2.24) is 10.2 Å². The molecule has 7 heteroatoms. The number of hydrogen-bond acceptors (Lipinski definition) is 4. The quantitative estimate of drug-likeness (QED) is 0.587. The maximum Gasteiger partial charge on any atom is 0.193 e. The molecule has 0 bridgehead atoms. The third-order valence-electron chi connectivity index (χ3n) is 5.70. The number of benzene rings is 1. The van der Waals surface area contributed by atoms with Crippen molar-refractivity contribution in [2.75, 3.05) is 52.8 Å². The molecule has 0 aromatic heterocycles. The molecule has 1 N–H and O–H groups in total. The number of rotatable bonds is 4. The lowest BCUT2D eigenvalue weighted by Crippen LogP contribution is -2.54. The summed E-state index contributed by atoms with van der Waals surface area (Å²) in [5.41, 5.74) is 1.06. The molecule has 0 spiro atoms. The number of thioether (sulfide) groups is 1. The molecule has 3 rings (SSSR count). The van der Waals surface area contributed by atoms with Gasteiger partial charge in [0.2, 0.25) is 0 Å². The van der Waals surface area contributed by atoms with E-state index >= 15 is 0 Å². The van der Waals surface area contributed by atoms with Crippen LogP contribution >= 0.6 is 23.4 Å². The van der Waals surface area contributed by atoms with Gasteiger partial charge in [-0.2, -0.15) is 11.8 Å². The van der Waals surface area contributed by atoms with E-state index in [1.165, 1.54) is 0 Å². The first-order valence-electron chi connectivity index (χ1n) is 9.90. The topological polar surface area (TPSA) is 46.1 Å². The van der Waals surface area contributed by atoms with E-state index in [4.69, 9.17) is 21.1 Å². The van der Waals surface area contributed by atoms with Crippen LogP contribution in [0.1, 0.15) is 32.3 Å². The van der Waals surface area contributed by atoms with Crippen LogP contribution in [0.3, 0.4) is 0 Å². The van der Waals surface area contributed by atoms with E-state index < -0.39 is 0 Å². The van der Waals surface area contributed by atoms with Gasteiger partial charge in [-0.3, -0.25) is 4.99 Å². The van der Waals surface area contributed by atoms with E-state index in [-0.39, 0.29) is 10.2 Å². The predicted octanol–water partition coefficient (Wildman–Crippen LogP) is 3.80. The van der Waals surface area contributed by atoms with Crippen LogP contribution in [-0.2, 0) is 10.2 Å². The molecule has 0 radical (unpaired) electrons. The number of halogens is 1. The summed E-state index contributed by atoms with van der Waals surface area (Å²) >= 11 is 8.39. The van der Waals surface area contributed by atoms with E-state index in [1.807, 2.05) is 30.9 Å². The number of ether oxygens (including phenoxy) is 2. The molecule has 156 valence electrons. The van der Waals surface area contributed by atoms with Crippen molar-refractivity contribution in [3.63, 3.8) is 0 Å². The minimum absolute atomic E-state index is 0.0928. The highest BCUT2D eigenvalue weighted by Gasteiger charge is 2.38. The summed E-state index contributed by atoms with van der Waals surface area (Å²) in [5.74, 6) is 2.98. The van der Waals surface area contributed by atoms with Crippen LogP contribution in [0.2, 0.25) is 5.02 Å². The second kappa shape index (κ2) is 9.14. The normalized spacial score (nSPS) is 22.0. The third kappa shape index (κ3) is 4.89. The monoisotopic (exact) mass is 425 g/mol. The van der Waals surface area contributed by atoms with Crippen LogP contribution in [0.15, 0.2) is 23.2 Å². The molecule has 28 heavy (non-hydrogen) atoms. The van der Waals surface area contributed by atoms with Gasteiger partial charge in [-0.15, -0.1) is 0 Å². The molecule has 2 heterocycles. The Labute approximate surface area is 178 Å². The molecular weight excluding hydrogens is 394 g/mol. The number of nitrogens with one attached hydrogen (secondary N) is 1. The van der Waals surface area contributed by atoms with Gasteiger partial charge < -0.3 is 19.7 Å². The Hall–Kier alpha value is -1.11. The second-order valence-electron chi connectivity index (χ2n) is 8.17. The van der Waals surface area contributed by atoms with Gasteiger partial charge in [0.15, 0.2) is 5.96 Å². The van der Waals surface area contributed by atoms with Gasteiger partial charge in [-0.1, -0.05) is 11.6 Å². The van der Waals surface area contributed by atoms with Crippen LogP contribution in [0.5, 0.6) is 5.75 Å². The molecule has 5 nitrogen and oxygen atoms in total. The molecule has 0 unspecified atom stereocenters. The summed E-state index contributed by atoms with van der Waals surface area (Å²) in [5, 5.41) is 4.41. The minimum Gasteiger partial charge on any atom is -0.496 e. The van der Waals surface area contributed by atoms with E-state index in [2.05, 4.69) is 35.1 Å². The summed E-state index contributed by atoms with van der Waals surface area (Å²) in [6.07, 6.45) is 1.85. The lowest BCUT2D eigenvalue weighted by atomic mass is 9.73. The number of hydrogen-bond donors (Lipinski definition) is 1. The Morgan fingerprint density at radius 2 is 2.11 bits per heavy atom. The van der Waals surface area contributed by atoms with E-state index in [0.29, 0.717) is 0 Å².